The van der Waals surface area contributed by atoms with Crippen molar-refractivity contribution in [2.75, 3.05) is 19.6 Å². The van der Waals surface area contributed by atoms with Crippen LogP contribution < -0.4 is 4.72 Å². The number of piperidine rings is 1. The third-order valence-electron chi connectivity index (χ3n) is 6.28. The van der Waals surface area contributed by atoms with E-state index in [9.17, 15) is 17.6 Å². The zero-order valence-electron chi connectivity index (χ0n) is 18.9. The highest BCUT2D eigenvalue weighted by atomic mass is 32.2. The number of ether oxygens (including phenoxy) is 1. The fourth-order valence-electron chi connectivity index (χ4n) is 4.31. The number of carbonyl (C=O) groups is 1. The lowest BCUT2D eigenvalue weighted by atomic mass is 9.97. The average molecular weight is 494 g/mol. The standard InChI is InChI=1S/C26H24FN3O4S/c27-20-8-10-21(11-9-20)35(32,33)28-16-18-12-14-30(15-13-18)17-24-26(31)34-25(29-24)23-7-3-5-19-4-1-2-6-22(19)23/h1-11,17-18,28H,12-16H2. The highest BCUT2D eigenvalue weighted by Crippen LogP contribution is 2.25. The van der Waals surface area contributed by atoms with Crippen molar-refractivity contribution in [3.8, 4) is 0 Å². The van der Waals surface area contributed by atoms with Gasteiger partial charge in [0.25, 0.3) is 0 Å². The third-order valence-corrected chi connectivity index (χ3v) is 7.72. The van der Waals surface area contributed by atoms with Crippen molar-refractivity contribution >= 4 is 32.7 Å². The summed E-state index contributed by atoms with van der Waals surface area (Å²) in [6, 6.07) is 18.4. The number of sulfonamides is 1. The second kappa shape index (κ2) is 9.59. The van der Waals surface area contributed by atoms with Crippen LogP contribution in [0.5, 0.6) is 0 Å². The summed E-state index contributed by atoms with van der Waals surface area (Å²) in [6.45, 7) is 1.63. The first-order chi connectivity index (χ1) is 16.9. The first-order valence-electron chi connectivity index (χ1n) is 11.4. The van der Waals surface area contributed by atoms with E-state index in [1.807, 2.05) is 47.4 Å². The molecule has 2 aliphatic heterocycles. The Morgan fingerprint density at radius 2 is 1.74 bits per heavy atom. The summed E-state index contributed by atoms with van der Waals surface area (Å²) in [7, 11) is -3.69. The summed E-state index contributed by atoms with van der Waals surface area (Å²) < 4.78 is 46.0. The number of halogens is 1. The average Bonchev–Trinajstić information content (AvgIpc) is 3.23. The van der Waals surface area contributed by atoms with E-state index in [1.165, 1.54) is 12.1 Å². The van der Waals surface area contributed by atoms with E-state index in [0.717, 1.165) is 41.3 Å². The molecule has 2 heterocycles. The van der Waals surface area contributed by atoms with E-state index in [0.29, 0.717) is 25.5 Å². The van der Waals surface area contributed by atoms with Gasteiger partial charge in [-0.3, -0.25) is 0 Å². The predicted molar refractivity (Wildman–Crippen MR) is 131 cm³/mol. The number of nitrogens with zero attached hydrogens (tertiary/aromatic N) is 2. The molecule has 180 valence electrons. The maximum atomic E-state index is 13.1. The summed E-state index contributed by atoms with van der Waals surface area (Å²) in [4.78, 5) is 19.0. The van der Waals surface area contributed by atoms with Crippen LogP contribution in [0.3, 0.4) is 0 Å². The van der Waals surface area contributed by atoms with Crippen molar-refractivity contribution < 1.29 is 22.3 Å². The van der Waals surface area contributed by atoms with Crippen LogP contribution >= 0.6 is 0 Å². The highest BCUT2D eigenvalue weighted by Gasteiger charge is 2.27. The Kier molecular flexibility index (Phi) is 6.36. The molecule has 3 aromatic carbocycles. The molecule has 5 rings (SSSR count). The molecule has 7 nitrogen and oxygen atoms in total. The van der Waals surface area contributed by atoms with E-state index in [1.54, 1.807) is 6.20 Å². The minimum Gasteiger partial charge on any atom is -0.402 e. The van der Waals surface area contributed by atoms with Crippen molar-refractivity contribution in [2.24, 2.45) is 10.9 Å². The number of likely N-dealkylation sites (tertiary alicyclic amines) is 1. The minimum atomic E-state index is -3.69. The van der Waals surface area contributed by atoms with Crippen LogP contribution in [0.4, 0.5) is 4.39 Å². The molecule has 2 aliphatic rings. The number of rotatable bonds is 6. The smallest absolute Gasteiger partial charge is 0.365 e. The van der Waals surface area contributed by atoms with Gasteiger partial charge in [-0.05, 0) is 59.9 Å². The van der Waals surface area contributed by atoms with Crippen molar-refractivity contribution in [3.63, 3.8) is 0 Å². The molecule has 1 N–H and O–H groups in total. The molecule has 0 saturated carbocycles. The predicted octanol–water partition coefficient (Wildman–Crippen LogP) is 3.81. The van der Waals surface area contributed by atoms with E-state index in [-0.39, 0.29) is 16.5 Å². The Balaban J connectivity index is 1.21. The Hall–Kier alpha value is -3.56. The second-order valence-electron chi connectivity index (χ2n) is 8.63. The summed E-state index contributed by atoms with van der Waals surface area (Å²) >= 11 is 0. The molecular formula is C26H24FN3O4S. The number of hydrogen-bond acceptors (Lipinski definition) is 6. The molecule has 0 amide bonds. The molecule has 0 aliphatic carbocycles. The van der Waals surface area contributed by atoms with Gasteiger partial charge in [-0.2, -0.15) is 0 Å². The zero-order valence-corrected chi connectivity index (χ0v) is 19.7. The van der Waals surface area contributed by atoms with Crippen LogP contribution in [0.1, 0.15) is 18.4 Å². The molecule has 0 radical (unpaired) electrons. The van der Waals surface area contributed by atoms with Gasteiger partial charge in [-0.25, -0.2) is 27.3 Å². The normalized spacial score (nSPS) is 18.2. The topological polar surface area (TPSA) is 88.1 Å². The zero-order chi connectivity index (χ0) is 24.4. The van der Waals surface area contributed by atoms with E-state index < -0.39 is 21.8 Å². The summed E-state index contributed by atoms with van der Waals surface area (Å²) in [5, 5.41) is 2.00. The molecule has 3 aromatic rings. The largest absolute Gasteiger partial charge is 0.402 e. The lowest BCUT2D eigenvalue weighted by Gasteiger charge is -2.31. The third kappa shape index (κ3) is 5.11. The van der Waals surface area contributed by atoms with Gasteiger partial charge in [0.1, 0.15) is 5.82 Å². The van der Waals surface area contributed by atoms with Crippen LogP contribution in [-0.4, -0.2) is 44.8 Å². The Morgan fingerprint density at radius 3 is 2.51 bits per heavy atom. The van der Waals surface area contributed by atoms with Crippen LogP contribution in [-0.2, 0) is 19.6 Å². The Morgan fingerprint density at radius 1 is 1.03 bits per heavy atom. The second-order valence-corrected chi connectivity index (χ2v) is 10.4. The molecule has 0 aromatic heterocycles. The van der Waals surface area contributed by atoms with Gasteiger partial charge in [0.15, 0.2) is 5.70 Å². The van der Waals surface area contributed by atoms with Gasteiger partial charge in [-0.15, -0.1) is 0 Å². The van der Waals surface area contributed by atoms with Crippen molar-refractivity contribution in [2.45, 2.75) is 17.7 Å². The molecule has 0 unspecified atom stereocenters. The monoisotopic (exact) mass is 493 g/mol. The molecule has 1 saturated heterocycles. The number of hydrogen-bond donors (Lipinski definition) is 1. The maximum Gasteiger partial charge on any atom is 0.365 e. The van der Waals surface area contributed by atoms with E-state index in [4.69, 9.17) is 4.74 Å². The lowest BCUT2D eigenvalue weighted by molar-refractivity contribution is -0.130. The number of fused-ring (bicyclic) bond motifs is 1. The molecule has 1 fully saturated rings. The van der Waals surface area contributed by atoms with Crippen LogP contribution in [0.25, 0.3) is 10.8 Å². The SMILES string of the molecule is O=C1OC(c2cccc3ccccc23)=NC1=CN1CCC(CNS(=O)(=O)c2ccc(F)cc2)CC1. The number of esters is 1. The van der Waals surface area contributed by atoms with Crippen LogP contribution in [0.15, 0.2) is 88.5 Å². The quantitative estimate of drug-likeness (QED) is 0.417. The Labute approximate surface area is 203 Å². The van der Waals surface area contributed by atoms with Gasteiger partial charge < -0.3 is 9.64 Å². The maximum absolute atomic E-state index is 13.1. The summed E-state index contributed by atoms with van der Waals surface area (Å²) in [5.74, 6) is -0.513. The van der Waals surface area contributed by atoms with Gasteiger partial charge >= 0.3 is 5.97 Å². The number of nitrogens with one attached hydrogen (secondary N) is 1. The summed E-state index contributed by atoms with van der Waals surface area (Å²) in [5.41, 5.74) is 1.02. The van der Waals surface area contributed by atoms with Gasteiger partial charge in [0, 0.05) is 31.4 Å². The van der Waals surface area contributed by atoms with Gasteiger partial charge in [0.05, 0.1) is 4.90 Å². The molecule has 0 bridgehead atoms. The fourth-order valence-corrected chi connectivity index (χ4v) is 5.43. The van der Waals surface area contributed by atoms with Crippen LogP contribution in [0.2, 0.25) is 0 Å². The minimum absolute atomic E-state index is 0.0423. The highest BCUT2D eigenvalue weighted by molar-refractivity contribution is 7.89. The molecule has 0 spiro atoms. The fraction of sp³-hybridized carbons (Fsp3) is 0.231. The molecule has 35 heavy (non-hydrogen) atoms. The van der Waals surface area contributed by atoms with Crippen molar-refractivity contribution in [1.82, 2.24) is 9.62 Å². The van der Waals surface area contributed by atoms with Gasteiger partial charge in [-0.1, -0.05) is 36.4 Å². The first kappa shape index (κ1) is 23.2. The molecular weight excluding hydrogens is 469 g/mol. The van der Waals surface area contributed by atoms with Crippen LogP contribution in [0, 0.1) is 11.7 Å². The summed E-state index contributed by atoms with van der Waals surface area (Å²) in [6.07, 6.45) is 3.23. The van der Waals surface area contributed by atoms with Crippen molar-refractivity contribution in [1.29, 1.82) is 0 Å². The van der Waals surface area contributed by atoms with Gasteiger partial charge in [0.2, 0.25) is 15.9 Å². The number of carbonyl (C=O) groups excluding carboxylic acids is 1. The molecule has 9 heteroatoms. The number of aliphatic imine (C=N–C) groups is 1. The lowest BCUT2D eigenvalue weighted by Crippen LogP contribution is -2.36. The van der Waals surface area contributed by atoms with E-state index >= 15 is 0 Å². The number of benzene rings is 3. The Bertz CT molecular complexity index is 1420. The van der Waals surface area contributed by atoms with E-state index in [2.05, 4.69) is 9.71 Å². The molecule has 0 atom stereocenters. The number of cyclic esters (lactones) is 1. The van der Waals surface area contributed by atoms with Crippen molar-refractivity contribution in [3.05, 3.63) is 90.0 Å². The first-order valence-corrected chi connectivity index (χ1v) is 12.9.